The first-order valence-corrected chi connectivity index (χ1v) is 7.91. The first kappa shape index (κ1) is 15.3. The fraction of sp³-hybridized carbons (Fsp3) is 0.455. The van der Waals surface area contributed by atoms with Crippen LogP contribution in [0.4, 0.5) is 0 Å². The summed E-state index contributed by atoms with van der Waals surface area (Å²) in [5, 5.41) is 0. The Morgan fingerprint density at radius 2 is 2.00 bits per heavy atom. The number of sulfonamides is 1. The molecule has 2 rings (SSSR count). The summed E-state index contributed by atoms with van der Waals surface area (Å²) in [4.78, 5) is 0.136. The lowest BCUT2D eigenvalue weighted by atomic mass is 10.3. The lowest BCUT2D eigenvalue weighted by molar-refractivity contribution is -0.106. The SMILES string of the molecule is COC(CN(C)S(=O)(=O)c1cccc2nsnc12)OC. The maximum Gasteiger partial charge on any atom is 0.245 e. The zero-order chi connectivity index (χ0) is 14.8. The molecule has 0 radical (unpaired) electrons. The largest absolute Gasteiger partial charge is 0.355 e. The summed E-state index contributed by atoms with van der Waals surface area (Å²) in [7, 11) is 0.714. The van der Waals surface area contributed by atoms with Crippen molar-refractivity contribution in [3.8, 4) is 0 Å². The summed E-state index contributed by atoms with van der Waals surface area (Å²) in [6, 6.07) is 4.89. The van der Waals surface area contributed by atoms with Crippen molar-refractivity contribution in [2.24, 2.45) is 0 Å². The molecule has 1 aromatic carbocycles. The average Bonchev–Trinajstić information content (AvgIpc) is 2.92. The van der Waals surface area contributed by atoms with Crippen molar-refractivity contribution < 1.29 is 17.9 Å². The Hall–Kier alpha value is -1.13. The Kier molecular flexibility index (Phi) is 4.66. The van der Waals surface area contributed by atoms with E-state index in [4.69, 9.17) is 9.47 Å². The second-order valence-corrected chi connectivity index (χ2v) is 6.62. The highest BCUT2D eigenvalue weighted by Gasteiger charge is 2.26. The molecule has 0 N–H and O–H groups in total. The van der Waals surface area contributed by atoms with Crippen molar-refractivity contribution in [3.63, 3.8) is 0 Å². The molecule has 110 valence electrons. The quantitative estimate of drug-likeness (QED) is 0.737. The summed E-state index contributed by atoms with van der Waals surface area (Å²) >= 11 is 0.985. The molecule has 2 aromatic rings. The molecule has 0 saturated carbocycles. The van der Waals surface area contributed by atoms with Crippen LogP contribution in [0.1, 0.15) is 0 Å². The van der Waals surface area contributed by atoms with E-state index in [9.17, 15) is 8.42 Å². The van der Waals surface area contributed by atoms with Gasteiger partial charge in [0.1, 0.15) is 15.9 Å². The molecule has 0 fully saturated rings. The second-order valence-electron chi connectivity index (χ2n) is 4.07. The first-order valence-electron chi connectivity index (χ1n) is 5.74. The van der Waals surface area contributed by atoms with E-state index in [1.54, 1.807) is 12.1 Å². The van der Waals surface area contributed by atoms with Crippen molar-refractivity contribution in [3.05, 3.63) is 18.2 Å². The van der Waals surface area contributed by atoms with E-state index in [0.29, 0.717) is 11.0 Å². The minimum atomic E-state index is -3.67. The number of hydrogen-bond donors (Lipinski definition) is 0. The number of likely N-dealkylation sites (N-methyl/N-ethyl adjacent to an activating group) is 1. The molecule has 0 unspecified atom stereocenters. The van der Waals surface area contributed by atoms with E-state index >= 15 is 0 Å². The van der Waals surface area contributed by atoms with Gasteiger partial charge >= 0.3 is 0 Å². The smallest absolute Gasteiger partial charge is 0.245 e. The molecular formula is C11H15N3O4S2. The van der Waals surface area contributed by atoms with Crippen LogP contribution in [0.3, 0.4) is 0 Å². The fourth-order valence-corrected chi connectivity index (χ4v) is 3.62. The Morgan fingerprint density at radius 3 is 2.65 bits per heavy atom. The highest BCUT2D eigenvalue weighted by atomic mass is 32.2. The number of methoxy groups -OCH3 is 2. The normalized spacial score (nSPS) is 12.7. The minimum absolute atomic E-state index is 0.0866. The lowest BCUT2D eigenvalue weighted by Crippen LogP contribution is -2.36. The van der Waals surface area contributed by atoms with Crippen molar-refractivity contribution >= 4 is 32.8 Å². The van der Waals surface area contributed by atoms with Crippen molar-refractivity contribution in [1.82, 2.24) is 13.1 Å². The number of hydrogen-bond acceptors (Lipinski definition) is 7. The molecule has 0 atom stereocenters. The van der Waals surface area contributed by atoms with Crippen LogP contribution in [-0.4, -0.2) is 55.6 Å². The molecule has 20 heavy (non-hydrogen) atoms. The van der Waals surface area contributed by atoms with Crippen LogP contribution >= 0.6 is 11.7 Å². The predicted molar refractivity (Wildman–Crippen MR) is 75.0 cm³/mol. The number of benzene rings is 1. The molecular weight excluding hydrogens is 302 g/mol. The molecule has 0 bridgehead atoms. The molecule has 9 heteroatoms. The second kappa shape index (κ2) is 6.10. The van der Waals surface area contributed by atoms with Crippen LogP contribution in [0.2, 0.25) is 0 Å². The third kappa shape index (κ3) is 2.81. The fourth-order valence-electron chi connectivity index (χ4n) is 1.71. The molecule has 0 aliphatic carbocycles. The zero-order valence-corrected chi connectivity index (χ0v) is 12.9. The van der Waals surface area contributed by atoms with Gasteiger partial charge in [-0.15, -0.1) is 0 Å². The molecule has 7 nitrogen and oxygen atoms in total. The van der Waals surface area contributed by atoms with Crippen LogP contribution in [0.25, 0.3) is 11.0 Å². The van der Waals surface area contributed by atoms with Gasteiger partial charge in [-0.1, -0.05) is 6.07 Å². The molecule has 1 heterocycles. The van der Waals surface area contributed by atoms with E-state index < -0.39 is 16.3 Å². The summed E-state index contributed by atoms with van der Waals surface area (Å²) in [6.07, 6.45) is -0.623. The van der Waals surface area contributed by atoms with E-state index in [0.717, 1.165) is 11.7 Å². The molecule has 0 spiro atoms. The van der Waals surface area contributed by atoms with Gasteiger partial charge in [-0.3, -0.25) is 0 Å². The Morgan fingerprint density at radius 1 is 1.30 bits per heavy atom. The molecule has 0 amide bonds. The number of rotatable bonds is 6. The molecule has 0 aliphatic heterocycles. The first-order chi connectivity index (χ1) is 9.50. The number of fused-ring (bicyclic) bond motifs is 1. The van der Waals surface area contributed by atoms with Crippen molar-refractivity contribution in [2.45, 2.75) is 11.2 Å². The monoisotopic (exact) mass is 317 g/mol. The van der Waals surface area contributed by atoms with Gasteiger partial charge in [-0.2, -0.15) is 13.1 Å². The summed E-state index contributed by atoms with van der Waals surface area (Å²) in [5.41, 5.74) is 0.954. The van der Waals surface area contributed by atoms with Gasteiger partial charge < -0.3 is 9.47 Å². The standard InChI is InChI=1S/C11H15N3O4S2/c1-14(7-10(17-2)18-3)20(15,16)9-6-4-5-8-11(9)13-19-12-8/h4-6,10H,7H2,1-3H3. The third-order valence-electron chi connectivity index (χ3n) is 2.87. The Labute approximate surface area is 121 Å². The van der Waals surface area contributed by atoms with Crippen LogP contribution in [0.15, 0.2) is 23.1 Å². The van der Waals surface area contributed by atoms with Gasteiger partial charge in [0.15, 0.2) is 6.29 Å². The third-order valence-corrected chi connectivity index (χ3v) is 5.27. The minimum Gasteiger partial charge on any atom is -0.355 e. The van der Waals surface area contributed by atoms with Gasteiger partial charge in [0.2, 0.25) is 10.0 Å². The maximum atomic E-state index is 12.6. The highest BCUT2D eigenvalue weighted by molar-refractivity contribution is 7.89. The number of ether oxygens (including phenoxy) is 2. The Balaban J connectivity index is 2.37. The average molecular weight is 317 g/mol. The van der Waals surface area contributed by atoms with Crippen LogP contribution in [-0.2, 0) is 19.5 Å². The van der Waals surface area contributed by atoms with Crippen molar-refractivity contribution in [1.29, 1.82) is 0 Å². The van der Waals surface area contributed by atoms with Gasteiger partial charge in [0.05, 0.1) is 18.3 Å². The summed E-state index contributed by atoms with van der Waals surface area (Å²) in [6.45, 7) is 0.0866. The molecule has 0 aliphatic rings. The predicted octanol–water partition coefficient (Wildman–Crippen LogP) is 0.931. The lowest BCUT2D eigenvalue weighted by Gasteiger charge is -2.21. The number of aromatic nitrogens is 2. The molecule has 1 aromatic heterocycles. The maximum absolute atomic E-state index is 12.6. The van der Waals surface area contributed by atoms with E-state index in [-0.39, 0.29) is 11.4 Å². The van der Waals surface area contributed by atoms with Crippen LogP contribution < -0.4 is 0 Å². The van der Waals surface area contributed by atoms with Gasteiger partial charge in [0, 0.05) is 21.3 Å². The number of nitrogens with zero attached hydrogens (tertiary/aromatic N) is 3. The summed E-state index contributed by atoms with van der Waals surface area (Å²) in [5.74, 6) is 0. The van der Waals surface area contributed by atoms with Crippen molar-refractivity contribution in [2.75, 3.05) is 27.8 Å². The van der Waals surface area contributed by atoms with Crippen LogP contribution in [0.5, 0.6) is 0 Å². The Bertz CT molecular complexity index is 682. The van der Waals surface area contributed by atoms with E-state index in [1.165, 1.54) is 31.6 Å². The topological polar surface area (TPSA) is 81.6 Å². The van der Waals surface area contributed by atoms with Gasteiger partial charge in [0.25, 0.3) is 0 Å². The van der Waals surface area contributed by atoms with E-state index in [2.05, 4.69) is 8.75 Å². The van der Waals surface area contributed by atoms with Gasteiger partial charge in [-0.25, -0.2) is 8.42 Å². The highest BCUT2D eigenvalue weighted by Crippen LogP contribution is 2.23. The summed E-state index contributed by atoms with van der Waals surface area (Å²) < 4.78 is 44.4. The zero-order valence-electron chi connectivity index (χ0n) is 11.3. The van der Waals surface area contributed by atoms with Gasteiger partial charge in [-0.05, 0) is 12.1 Å². The van der Waals surface area contributed by atoms with Crippen LogP contribution in [0, 0.1) is 0 Å². The van der Waals surface area contributed by atoms with E-state index in [1.807, 2.05) is 0 Å². The molecule has 0 saturated heterocycles.